The van der Waals surface area contributed by atoms with Crippen molar-refractivity contribution >= 4 is 18.3 Å². The minimum absolute atomic E-state index is 0.00338. The minimum Gasteiger partial charge on any atom is -0.508 e. The molecule has 0 spiro atoms. The Bertz CT molecular complexity index is 262. The molecular formula is C7H8N2O. The maximum atomic E-state index is 8.92. The van der Waals surface area contributed by atoms with Crippen LogP contribution in [0, 0.1) is 0 Å². The SMILES string of the molecule is C=Nc1[nH]ccc1C(=C)O. The lowest BCUT2D eigenvalue weighted by Gasteiger charge is -1.93. The van der Waals surface area contributed by atoms with Crippen molar-refractivity contribution in [1.82, 2.24) is 4.98 Å². The average molecular weight is 136 g/mol. The zero-order chi connectivity index (χ0) is 7.56. The Labute approximate surface area is 58.7 Å². The minimum atomic E-state index is 0.00338. The van der Waals surface area contributed by atoms with E-state index in [2.05, 4.69) is 23.3 Å². The van der Waals surface area contributed by atoms with Crippen molar-refractivity contribution in [3.63, 3.8) is 0 Å². The largest absolute Gasteiger partial charge is 0.508 e. The fourth-order valence-electron chi connectivity index (χ4n) is 0.724. The second-order valence-electron chi connectivity index (χ2n) is 1.84. The molecule has 52 valence electrons. The van der Waals surface area contributed by atoms with E-state index in [1.165, 1.54) is 0 Å². The number of aliphatic hydroxyl groups excluding tert-OH is 1. The van der Waals surface area contributed by atoms with Crippen molar-refractivity contribution in [2.24, 2.45) is 4.99 Å². The number of nitrogens with zero attached hydrogens (tertiary/aromatic N) is 1. The second kappa shape index (κ2) is 2.39. The van der Waals surface area contributed by atoms with Gasteiger partial charge in [0.2, 0.25) is 0 Å². The van der Waals surface area contributed by atoms with E-state index in [4.69, 9.17) is 5.11 Å². The molecule has 1 rings (SSSR count). The Morgan fingerprint density at radius 2 is 2.40 bits per heavy atom. The van der Waals surface area contributed by atoms with E-state index in [1.54, 1.807) is 12.3 Å². The number of hydrogen-bond donors (Lipinski definition) is 2. The van der Waals surface area contributed by atoms with Crippen LogP contribution in [0.25, 0.3) is 5.76 Å². The fraction of sp³-hybridized carbons (Fsp3) is 0. The molecule has 1 heterocycles. The molecule has 0 unspecified atom stereocenters. The standard InChI is InChI=1S/C7H8N2O/c1-5(10)6-3-4-9-7(6)8-2/h3-4,9-10H,1-2H2. The van der Waals surface area contributed by atoms with Crippen molar-refractivity contribution in [2.75, 3.05) is 0 Å². The molecule has 1 aromatic rings. The van der Waals surface area contributed by atoms with Crippen LogP contribution < -0.4 is 0 Å². The van der Waals surface area contributed by atoms with Gasteiger partial charge in [0, 0.05) is 6.20 Å². The van der Waals surface area contributed by atoms with E-state index in [0.29, 0.717) is 11.4 Å². The third kappa shape index (κ3) is 0.932. The summed E-state index contributed by atoms with van der Waals surface area (Å²) in [4.78, 5) is 6.41. The molecule has 0 amide bonds. The van der Waals surface area contributed by atoms with Crippen molar-refractivity contribution in [2.45, 2.75) is 0 Å². The normalized spacial score (nSPS) is 9.20. The van der Waals surface area contributed by atoms with Crippen LogP contribution in [0.2, 0.25) is 0 Å². The summed E-state index contributed by atoms with van der Waals surface area (Å²) in [6, 6.07) is 1.69. The van der Waals surface area contributed by atoms with Crippen LogP contribution >= 0.6 is 0 Å². The lowest BCUT2D eigenvalue weighted by Crippen LogP contribution is -1.75. The quantitative estimate of drug-likeness (QED) is 0.473. The van der Waals surface area contributed by atoms with Crippen LogP contribution in [0.5, 0.6) is 0 Å². The van der Waals surface area contributed by atoms with Crippen molar-refractivity contribution in [3.05, 3.63) is 24.4 Å². The van der Waals surface area contributed by atoms with Crippen molar-refractivity contribution < 1.29 is 5.11 Å². The van der Waals surface area contributed by atoms with Gasteiger partial charge in [0.1, 0.15) is 11.6 Å². The first-order valence-electron chi connectivity index (χ1n) is 2.78. The topological polar surface area (TPSA) is 48.4 Å². The van der Waals surface area contributed by atoms with E-state index in [-0.39, 0.29) is 5.76 Å². The highest BCUT2D eigenvalue weighted by Gasteiger charge is 2.02. The van der Waals surface area contributed by atoms with Crippen LogP contribution in [-0.2, 0) is 0 Å². The number of nitrogens with one attached hydrogen (secondary N) is 1. The van der Waals surface area contributed by atoms with Gasteiger partial charge in [-0.05, 0) is 12.8 Å². The number of aliphatic imine (C=N–C) groups is 1. The second-order valence-corrected chi connectivity index (χ2v) is 1.84. The molecule has 1 aromatic heterocycles. The van der Waals surface area contributed by atoms with Crippen LogP contribution in [0.15, 0.2) is 23.8 Å². The van der Waals surface area contributed by atoms with Gasteiger partial charge in [0.25, 0.3) is 0 Å². The molecule has 0 aliphatic rings. The van der Waals surface area contributed by atoms with Gasteiger partial charge in [0.15, 0.2) is 0 Å². The molecule has 0 saturated carbocycles. The van der Waals surface area contributed by atoms with Gasteiger partial charge in [-0.25, -0.2) is 4.99 Å². The van der Waals surface area contributed by atoms with Crippen molar-refractivity contribution in [1.29, 1.82) is 0 Å². The van der Waals surface area contributed by atoms with Gasteiger partial charge < -0.3 is 10.1 Å². The summed E-state index contributed by atoms with van der Waals surface area (Å²) in [7, 11) is 0. The van der Waals surface area contributed by atoms with Crippen molar-refractivity contribution in [3.8, 4) is 0 Å². The number of rotatable bonds is 2. The molecule has 0 radical (unpaired) electrons. The number of aliphatic hydroxyl groups is 1. The molecule has 3 nitrogen and oxygen atoms in total. The molecule has 3 heteroatoms. The molecular weight excluding hydrogens is 128 g/mol. The van der Waals surface area contributed by atoms with Gasteiger partial charge in [-0.15, -0.1) is 0 Å². The summed E-state index contributed by atoms with van der Waals surface area (Å²) in [6.07, 6.45) is 1.67. The number of aromatic nitrogens is 1. The smallest absolute Gasteiger partial charge is 0.140 e. The van der Waals surface area contributed by atoms with Crippen LogP contribution in [0.3, 0.4) is 0 Å². The molecule has 2 N–H and O–H groups in total. The molecule has 0 aliphatic carbocycles. The first-order valence-corrected chi connectivity index (χ1v) is 2.78. The fourth-order valence-corrected chi connectivity index (χ4v) is 0.724. The van der Waals surface area contributed by atoms with E-state index < -0.39 is 0 Å². The summed E-state index contributed by atoms with van der Waals surface area (Å²) >= 11 is 0. The molecule has 0 bridgehead atoms. The van der Waals surface area contributed by atoms with E-state index in [0.717, 1.165) is 0 Å². The maximum absolute atomic E-state index is 8.92. The summed E-state index contributed by atoms with van der Waals surface area (Å²) in [6.45, 7) is 6.67. The Balaban J connectivity index is 3.13. The third-order valence-electron chi connectivity index (χ3n) is 1.19. The van der Waals surface area contributed by atoms with Gasteiger partial charge in [-0.3, -0.25) is 0 Å². The highest BCUT2D eigenvalue weighted by molar-refractivity contribution is 5.67. The van der Waals surface area contributed by atoms with E-state index in [9.17, 15) is 0 Å². The Hall–Kier alpha value is -1.51. The molecule has 10 heavy (non-hydrogen) atoms. The monoisotopic (exact) mass is 136 g/mol. The number of hydrogen-bond acceptors (Lipinski definition) is 2. The van der Waals surface area contributed by atoms with E-state index >= 15 is 0 Å². The molecule has 0 saturated heterocycles. The zero-order valence-electron chi connectivity index (χ0n) is 5.46. The predicted molar refractivity (Wildman–Crippen MR) is 41.7 cm³/mol. The summed E-state index contributed by atoms with van der Waals surface area (Å²) < 4.78 is 0. The summed E-state index contributed by atoms with van der Waals surface area (Å²) in [5.41, 5.74) is 0.593. The number of aromatic amines is 1. The lowest BCUT2D eigenvalue weighted by molar-refractivity contribution is 0.514. The highest BCUT2D eigenvalue weighted by atomic mass is 16.3. The summed E-state index contributed by atoms with van der Waals surface area (Å²) in [5.74, 6) is 0.552. The first-order chi connectivity index (χ1) is 4.75. The Kier molecular flexibility index (Phi) is 1.58. The Morgan fingerprint density at radius 1 is 1.70 bits per heavy atom. The lowest BCUT2D eigenvalue weighted by atomic mass is 10.3. The molecule has 0 atom stereocenters. The van der Waals surface area contributed by atoms with Gasteiger partial charge >= 0.3 is 0 Å². The van der Waals surface area contributed by atoms with Crippen LogP contribution in [0.4, 0.5) is 5.82 Å². The predicted octanol–water partition coefficient (Wildman–Crippen LogP) is 1.88. The molecule has 0 aromatic carbocycles. The number of H-pyrrole nitrogens is 1. The van der Waals surface area contributed by atoms with E-state index in [1.807, 2.05) is 0 Å². The van der Waals surface area contributed by atoms with Gasteiger partial charge in [0.05, 0.1) is 5.56 Å². The molecule has 0 fully saturated rings. The van der Waals surface area contributed by atoms with Gasteiger partial charge in [-0.1, -0.05) is 6.58 Å². The maximum Gasteiger partial charge on any atom is 0.140 e. The first kappa shape index (κ1) is 6.61. The third-order valence-corrected chi connectivity index (χ3v) is 1.19. The van der Waals surface area contributed by atoms with Crippen LogP contribution in [0.1, 0.15) is 5.56 Å². The Morgan fingerprint density at radius 3 is 2.80 bits per heavy atom. The van der Waals surface area contributed by atoms with Crippen LogP contribution in [-0.4, -0.2) is 16.8 Å². The zero-order valence-corrected chi connectivity index (χ0v) is 5.46. The summed E-state index contributed by atoms with van der Waals surface area (Å²) in [5, 5.41) is 8.92. The highest BCUT2D eigenvalue weighted by Crippen LogP contribution is 2.20. The van der Waals surface area contributed by atoms with Gasteiger partial charge in [-0.2, -0.15) is 0 Å². The molecule has 0 aliphatic heterocycles. The average Bonchev–Trinajstić information content (AvgIpc) is 2.33.